The number of anilines is 3. The van der Waals surface area contributed by atoms with Gasteiger partial charge in [0.25, 0.3) is 0 Å². The average Bonchev–Trinajstić information content (AvgIpc) is 3.38. The molecular formula is C30H40N6O2. The number of ether oxygens (including phenoxy) is 1. The highest BCUT2D eigenvalue weighted by Gasteiger charge is 2.54. The number of aromatic nitrogens is 3. The maximum absolute atomic E-state index is 12.9. The third-order valence-corrected chi connectivity index (χ3v) is 10.2. The minimum Gasteiger partial charge on any atom is -0.379 e. The standard InChI is InChI=1S/C30H40N6O2/c37-25-6-11-30(9-2-1-3-10-30)27-24(25)18-21-19-32-29(34-28(21)27)33-26-5-4-23(20-31-26)35-12-7-22(8-13-35)36-14-16-38-17-15-36/h4-5,19-20,22,24,27H,1-3,6-18H2,(H,31,32,33,34). The molecule has 1 N–H and O–H groups in total. The number of pyridine rings is 1. The summed E-state index contributed by atoms with van der Waals surface area (Å²) in [6, 6.07) is 4.87. The number of carbonyl (C=O) groups is 1. The van der Waals surface area contributed by atoms with Crippen molar-refractivity contribution in [2.45, 2.75) is 76.2 Å². The van der Waals surface area contributed by atoms with Gasteiger partial charge < -0.3 is 15.0 Å². The van der Waals surface area contributed by atoms with Gasteiger partial charge in [0.2, 0.25) is 5.95 Å². The second-order valence-corrected chi connectivity index (χ2v) is 12.2. The molecule has 4 heterocycles. The molecule has 2 saturated carbocycles. The van der Waals surface area contributed by atoms with Crippen LogP contribution >= 0.6 is 0 Å². The molecule has 7 rings (SSSR count). The van der Waals surface area contributed by atoms with Crippen molar-refractivity contribution in [1.29, 1.82) is 0 Å². The van der Waals surface area contributed by atoms with E-state index < -0.39 is 0 Å². The molecule has 3 aliphatic carbocycles. The summed E-state index contributed by atoms with van der Waals surface area (Å²) in [7, 11) is 0. The summed E-state index contributed by atoms with van der Waals surface area (Å²) in [5.41, 5.74) is 3.73. The minimum atomic E-state index is 0.103. The Hall–Kier alpha value is -2.58. The smallest absolute Gasteiger partial charge is 0.228 e. The van der Waals surface area contributed by atoms with Crippen molar-refractivity contribution in [3.05, 3.63) is 35.8 Å². The quantitative estimate of drug-likeness (QED) is 0.637. The number of nitrogens with one attached hydrogen (secondary N) is 1. The van der Waals surface area contributed by atoms with Crippen molar-refractivity contribution in [3.8, 4) is 0 Å². The lowest BCUT2D eigenvalue weighted by Crippen LogP contribution is -2.49. The Morgan fingerprint density at radius 1 is 0.947 bits per heavy atom. The van der Waals surface area contributed by atoms with Gasteiger partial charge in [0.1, 0.15) is 11.6 Å². The Kier molecular flexibility index (Phi) is 6.56. The van der Waals surface area contributed by atoms with Gasteiger partial charge >= 0.3 is 0 Å². The molecule has 0 aromatic carbocycles. The van der Waals surface area contributed by atoms with E-state index in [0.29, 0.717) is 17.8 Å². The topological polar surface area (TPSA) is 83.5 Å². The van der Waals surface area contributed by atoms with Crippen LogP contribution in [0.1, 0.15) is 75.0 Å². The average molecular weight is 517 g/mol. The van der Waals surface area contributed by atoms with Gasteiger partial charge in [-0.15, -0.1) is 0 Å². The SMILES string of the molecule is O=C1CCC2(CCCCC2)C2c3nc(Nc4ccc(N5CCC(N6CCOCC6)CC5)cn4)ncc3CC12. The van der Waals surface area contributed by atoms with Crippen LogP contribution in [0.3, 0.4) is 0 Å². The first-order valence-electron chi connectivity index (χ1n) is 14.9. The van der Waals surface area contributed by atoms with E-state index in [2.05, 4.69) is 26.2 Å². The second kappa shape index (κ2) is 10.2. The molecule has 0 amide bonds. The van der Waals surface area contributed by atoms with E-state index in [4.69, 9.17) is 14.7 Å². The molecule has 2 atom stereocenters. The highest BCUT2D eigenvalue weighted by molar-refractivity contribution is 5.84. The fourth-order valence-corrected chi connectivity index (χ4v) is 8.19. The van der Waals surface area contributed by atoms with Crippen LogP contribution in [0, 0.1) is 11.3 Å². The lowest BCUT2D eigenvalue weighted by atomic mass is 9.56. The number of carbonyl (C=O) groups excluding carboxylic acids is 1. The van der Waals surface area contributed by atoms with Crippen LogP contribution in [0.15, 0.2) is 24.5 Å². The van der Waals surface area contributed by atoms with E-state index in [1.165, 1.54) is 56.2 Å². The van der Waals surface area contributed by atoms with Crippen molar-refractivity contribution in [2.75, 3.05) is 49.6 Å². The molecule has 0 bridgehead atoms. The van der Waals surface area contributed by atoms with Crippen LogP contribution in [0.2, 0.25) is 0 Å². The summed E-state index contributed by atoms with van der Waals surface area (Å²) < 4.78 is 5.52. The predicted octanol–water partition coefficient (Wildman–Crippen LogP) is 4.49. The number of morpholine rings is 1. The van der Waals surface area contributed by atoms with Crippen LogP contribution in [0.5, 0.6) is 0 Å². The monoisotopic (exact) mass is 516 g/mol. The number of Topliss-reactive ketones (excluding diaryl/α,β-unsaturated/α-hetero) is 1. The maximum Gasteiger partial charge on any atom is 0.228 e. The zero-order chi connectivity index (χ0) is 25.5. The molecule has 2 unspecified atom stereocenters. The number of rotatable bonds is 4. The Labute approximate surface area is 225 Å². The van der Waals surface area contributed by atoms with Crippen molar-refractivity contribution in [3.63, 3.8) is 0 Å². The fourth-order valence-electron chi connectivity index (χ4n) is 8.19. The van der Waals surface area contributed by atoms with Crippen LogP contribution in [-0.4, -0.2) is 71.1 Å². The van der Waals surface area contributed by atoms with Crippen molar-refractivity contribution >= 4 is 23.2 Å². The van der Waals surface area contributed by atoms with Gasteiger partial charge in [0, 0.05) is 56.7 Å². The zero-order valence-corrected chi connectivity index (χ0v) is 22.4. The first-order chi connectivity index (χ1) is 18.7. The molecule has 1 spiro atoms. The van der Waals surface area contributed by atoms with Crippen LogP contribution in [0.25, 0.3) is 0 Å². The Balaban J connectivity index is 1.03. The number of piperidine rings is 1. The predicted molar refractivity (Wildman–Crippen MR) is 147 cm³/mol. The van der Waals surface area contributed by atoms with E-state index in [9.17, 15) is 4.79 Å². The van der Waals surface area contributed by atoms with Gasteiger partial charge in [-0.1, -0.05) is 19.3 Å². The third kappa shape index (κ3) is 4.49. The maximum atomic E-state index is 12.9. The van der Waals surface area contributed by atoms with Crippen molar-refractivity contribution < 1.29 is 9.53 Å². The molecule has 5 aliphatic rings. The highest BCUT2D eigenvalue weighted by atomic mass is 16.5. The molecule has 8 heteroatoms. The number of fused-ring (bicyclic) bond motifs is 4. The van der Waals surface area contributed by atoms with Gasteiger partial charge in [0.15, 0.2) is 0 Å². The van der Waals surface area contributed by atoms with Crippen LogP contribution < -0.4 is 10.2 Å². The van der Waals surface area contributed by atoms with E-state index in [0.717, 1.165) is 70.2 Å². The largest absolute Gasteiger partial charge is 0.379 e. The first-order valence-corrected chi connectivity index (χ1v) is 14.9. The highest BCUT2D eigenvalue weighted by Crippen LogP contribution is 2.59. The molecule has 202 valence electrons. The number of hydrogen-bond donors (Lipinski definition) is 1. The first kappa shape index (κ1) is 24.5. The van der Waals surface area contributed by atoms with Crippen molar-refractivity contribution in [2.24, 2.45) is 11.3 Å². The van der Waals surface area contributed by atoms with Gasteiger partial charge in [-0.2, -0.15) is 0 Å². The summed E-state index contributed by atoms with van der Waals surface area (Å²) in [6.45, 7) is 5.99. The Morgan fingerprint density at radius 3 is 2.53 bits per heavy atom. The lowest BCUT2D eigenvalue weighted by molar-refractivity contribution is -0.129. The summed E-state index contributed by atoms with van der Waals surface area (Å²) in [5, 5.41) is 3.36. The van der Waals surface area contributed by atoms with Gasteiger partial charge in [-0.3, -0.25) is 9.69 Å². The van der Waals surface area contributed by atoms with E-state index >= 15 is 0 Å². The summed E-state index contributed by atoms with van der Waals surface area (Å²) in [4.78, 5) is 32.4. The molecule has 2 aromatic heterocycles. The normalized spacial score (nSPS) is 27.8. The number of nitrogens with zero attached hydrogens (tertiary/aromatic N) is 5. The van der Waals surface area contributed by atoms with Crippen molar-refractivity contribution in [1.82, 2.24) is 19.9 Å². The number of hydrogen-bond acceptors (Lipinski definition) is 8. The lowest BCUT2D eigenvalue weighted by Gasteiger charge is -2.47. The summed E-state index contributed by atoms with van der Waals surface area (Å²) >= 11 is 0. The Bertz CT molecular complexity index is 1150. The minimum absolute atomic E-state index is 0.103. The molecule has 0 radical (unpaired) electrons. The van der Waals surface area contributed by atoms with E-state index in [-0.39, 0.29) is 17.3 Å². The van der Waals surface area contributed by atoms with Gasteiger partial charge in [0.05, 0.1) is 30.8 Å². The fraction of sp³-hybridized carbons (Fsp3) is 0.667. The van der Waals surface area contributed by atoms with Gasteiger partial charge in [-0.25, -0.2) is 15.0 Å². The summed E-state index contributed by atoms with van der Waals surface area (Å²) in [6.07, 6.45) is 15.3. The summed E-state index contributed by atoms with van der Waals surface area (Å²) in [5.74, 6) is 2.16. The molecule has 2 saturated heterocycles. The molecule has 2 aromatic rings. The van der Waals surface area contributed by atoms with Gasteiger partial charge in [-0.05, 0) is 61.6 Å². The van der Waals surface area contributed by atoms with E-state index in [1.54, 1.807) is 0 Å². The third-order valence-electron chi connectivity index (χ3n) is 10.2. The molecule has 4 fully saturated rings. The van der Waals surface area contributed by atoms with Crippen LogP contribution in [0.4, 0.5) is 17.5 Å². The zero-order valence-electron chi connectivity index (χ0n) is 22.4. The second-order valence-electron chi connectivity index (χ2n) is 12.2. The molecular weight excluding hydrogens is 476 g/mol. The Morgan fingerprint density at radius 2 is 1.76 bits per heavy atom. The van der Waals surface area contributed by atoms with Crippen LogP contribution in [-0.2, 0) is 16.0 Å². The molecule has 8 nitrogen and oxygen atoms in total. The van der Waals surface area contributed by atoms with E-state index in [1.807, 2.05) is 18.5 Å². The number of ketones is 1. The molecule has 2 aliphatic heterocycles. The molecule has 38 heavy (non-hydrogen) atoms.